The van der Waals surface area contributed by atoms with E-state index in [9.17, 15) is 18.0 Å². The maximum atomic E-state index is 12.5. The third-order valence-electron chi connectivity index (χ3n) is 4.43. The number of ether oxygens (including phenoxy) is 1. The van der Waals surface area contributed by atoms with Crippen molar-refractivity contribution in [2.75, 3.05) is 13.2 Å². The number of alkyl halides is 3. The van der Waals surface area contributed by atoms with E-state index >= 15 is 0 Å². The van der Waals surface area contributed by atoms with E-state index in [2.05, 4.69) is 12.2 Å². The topological polar surface area (TPSA) is 38.3 Å². The second kappa shape index (κ2) is 8.51. The van der Waals surface area contributed by atoms with Gasteiger partial charge in [-0.1, -0.05) is 31.9 Å². The molecule has 1 N–H and O–H groups in total. The number of hydrogen-bond acceptors (Lipinski definition) is 2. The first-order valence-electron chi connectivity index (χ1n) is 8.40. The molecule has 1 saturated carbocycles. The van der Waals surface area contributed by atoms with Gasteiger partial charge < -0.3 is 10.1 Å². The Kier molecular flexibility index (Phi) is 6.66. The molecule has 0 bridgehead atoms. The van der Waals surface area contributed by atoms with E-state index in [1.165, 1.54) is 31.4 Å². The highest BCUT2D eigenvalue weighted by atomic mass is 19.4. The maximum absolute atomic E-state index is 12.5. The van der Waals surface area contributed by atoms with Crippen LogP contribution in [-0.4, -0.2) is 25.2 Å². The van der Waals surface area contributed by atoms with Crippen molar-refractivity contribution in [1.29, 1.82) is 0 Å². The monoisotopic (exact) mass is 343 g/mol. The normalized spacial score (nSPS) is 21.5. The fourth-order valence-electron chi connectivity index (χ4n) is 2.99. The number of amides is 1. The smallest absolute Gasteiger partial charge is 0.376 e. The first-order chi connectivity index (χ1) is 11.4. The SMILES string of the molecule is C[C@@H]1CCCC[C@@H]1OCCNC(=O)Cc1ccc(C(F)(F)F)cc1. The minimum atomic E-state index is -4.35. The zero-order chi connectivity index (χ0) is 17.6. The van der Waals surface area contributed by atoms with Crippen molar-refractivity contribution in [2.24, 2.45) is 5.92 Å². The molecule has 134 valence electrons. The van der Waals surface area contributed by atoms with Gasteiger partial charge in [0, 0.05) is 6.54 Å². The van der Waals surface area contributed by atoms with Crippen LogP contribution in [0.3, 0.4) is 0 Å². The summed E-state index contributed by atoms with van der Waals surface area (Å²) in [6.45, 7) is 3.07. The molecule has 0 aromatic heterocycles. The first kappa shape index (κ1) is 18.8. The number of halogens is 3. The lowest BCUT2D eigenvalue weighted by atomic mass is 9.88. The summed E-state index contributed by atoms with van der Waals surface area (Å²) in [4.78, 5) is 11.8. The molecule has 0 heterocycles. The molecule has 2 atom stereocenters. The molecule has 0 spiro atoms. The average Bonchev–Trinajstić information content (AvgIpc) is 2.53. The second-order valence-electron chi connectivity index (χ2n) is 6.39. The van der Waals surface area contributed by atoms with Crippen LogP contribution in [0.2, 0.25) is 0 Å². The van der Waals surface area contributed by atoms with Crippen LogP contribution in [0.1, 0.15) is 43.7 Å². The predicted molar refractivity (Wildman–Crippen MR) is 85.5 cm³/mol. The lowest BCUT2D eigenvalue weighted by molar-refractivity contribution is -0.137. The van der Waals surface area contributed by atoms with Gasteiger partial charge in [0.25, 0.3) is 0 Å². The summed E-state index contributed by atoms with van der Waals surface area (Å²) < 4.78 is 43.2. The van der Waals surface area contributed by atoms with E-state index in [4.69, 9.17) is 4.74 Å². The van der Waals surface area contributed by atoms with Gasteiger partial charge in [0.1, 0.15) is 0 Å². The van der Waals surface area contributed by atoms with Crippen molar-refractivity contribution in [3.05, 3.63) is 35.4 Å². The third kappa shape index (κ3) is 5.82. The largest absolute Gasteiger partial charge is 0.416 e. The fourth-order valence-corrected chi connectivity index (χ4v) is 2.99. The summed E-state index contributed by atoms with van der Waals surface area (Å²) in [5.74, 6) is 0.344. The molecule has 1 amide bonds. The molecule has 6 heteroatoms. The Hall–Kier alpha value is -1.56. The van der Waals surface area contributed by atoms with Crippen molar-refractivity contribution in [1.82, 2.24) is 5.32 Å². The van der Waals surface area contributed by atoms with Crippen molar-refractivity contribution in [3.8, 4) is 0 Å². The van der Waals surface area contributed by atoms with E-state index in [-0.39, 0.29) is 18.4 Å². The first-order valence-corrected chi connectivity index (χ1v) is 8.40. The quantitative estimate of drug-likeness (QED) is 0.794. The summed E-state index contributed by atoms with van der Waals surface area (Å²) in [7, 11) is 0. The Balaban J connectivity index is 1.68. The summed E-state index contributed by atoms with van der Waals surface area (Å²) in [6.07, 6.45) is 0.684. The summed E-state index contributed by atoms with van der Waals surface area (Å²) in [5, 5.41) is 2.74. The van der Waals surface area contributed by atoms with Crippen LogP contribution >= 0.6 is 0 Å². The zero-order valence-electron chi connectivity index (χ0n) is 13.9. The van der Waals surface area contributed by atoms with Crippen LogP contribution in [-0.2, 0) is 22.1 Å². The van der Waals surface area contributed by atoms with Crippen LogP contribution in [0.4, 0.5) is 13.2 Å². The van der Waals surface area contributed by atoms with E-state index < -0.39 is 11.7 Å². The van der Waals surface area contributed by atoms with E-state index in [0.717, 1.165) is 18.6 Å². The van der Waals surface area contributed by atoms with Gasteiger partial charge in [-0.25, -0.2) is 0 Å². The van der Waals surface area contributed by atoms with Crippen LogP contribution < -0.4 is 5.32 Å². The highest BCUT2D eigenvalue weighted by Crippen LogP contribution is 2.29. The van der Waals surface area contributed by atoms with Crippen LogP contribution in [0.25, 0.3) is 0 Å². The molecule has 0 unspecified atom stereocenters. The Labute approximate surface area is 140 Å². The van der Waals surface area contributed by atoms with E-state index in [0.29, 0.717) is 24.6 Å². The zero-order valence-corrected chi connectivity index (χ0v) is 13.9. The molecule has 0 radical (unpaired) electrons. The molecule has 0 aliphatic heterocycles. The molecule has 24 heavy (non-hydrogen) atoms. The lowest BCUT2D eigenvalue weighted by Gasteiger charge is -2.28. The van der Waals surface area contributed by atoms with Gasteiger partial charge in [-0.3, -0.25) is 4.79 Å². The van der Waals surface area contributed by atoms with Gasteiger partial charge in [0.05, 0.1) is 24.7 Å². The molecule has 1 aromatic rings. The second-order valence-corrected chi connectivity index (χ2v) is 6.39. The van der Waals surface area contributed by atoms with Crippen LogP contribution in [0, 0.1) is 5.92 Å². The number of nitrogens with one attached hydrogen (secondary N) is 1. The molecule has 2 rings (SSSR count). The third-order valence-corrected chi connectivity index (χ3v) is 4.43. The van der Waals surface area contributed by atoms with Gasteiger partial charge in [-0.15, -0.1) is 0 Å². The molecular formula is C18H24F3NO2. The summed E-state index contributed by atoms with van der Waals surface area (Å²) in [5.41, 5.74) is -0.149. The minimum Gasteiger partial charge on any atom is -0.376 e. The van der Waals surface area contributed by atoms with Crippen molar-refractivity contribution in [3.63, 3.8) is 0 Å². The van der Waals surface area contributed by atoms with Crippen molar-refractivity contribution >= 4 is 5.91 Å². The van der Waals surface area contributed by atoms with Gasteiger partial charge >= 0.3 is 6.18 Å². The van der Waals surface area contributed by atoms with Gasteiger partial charge in [0.2, 0.25) is 5.91 Å². The number of carbonyl (C=O) groups is 1. The Morgan fingerprint density at radius 2 is 1.88 bits per heavy atom. The number of carbonyl (C=O) groups excluding carboxylic acids is 1. The van der Waals surface area contributed by atoms with Gasteiger partial charge in [-0.05, 0) is 36.5 Å². The maximum Gasteiger partial charge on any atom is 0.416 e. The highest BCUT2D eigenvalue weighted by molar-refractivity contribution is 5.78. The van der Waals surface area contributed by atoms with E-state index in [1.807, 2.05) is 0 Å². The van der Waals surface area contributed by atoms with E-state index in [1.54, 1.807) is 0 Å². The summed E-state index contributed by atoms with van der Waals surface area (Å²) >= 11 is 0. The molecule has 0 saturated heterocycles. The number of hydrogen-bond donors (Lipinski definition) is 1. The Morgan fingerprint density at radius 3 is 2.50 bits per heavy atom. The van der Waals surface area contributed by atoms with Gasteiger partial charge in [0.15, 0.2) is 0 Å². The Bertz CT molecular complexity index is 528. The molecule has 1 aromatic carbocycles. The van der Waals surface area contributed by atoms with Crippen LogP contribution in [0.15, 0.2) is 24.3 Å². The molecule has 3 nitrogen and oxygen atoms in total. The summed E-state index contributed by atoms with van der Waals surface area (Å²) in [6, 6.07) is 4.66. The number of rotatable bonds is 6. The predicted octanol–water partition coefficient (Wildman–Crippen LogP) is 3.96. The van der Waals surface area contributed by atoms with Gasteiger partial charge in [-0.2, -0.15) is 13.2 Å². The molecular weight excluding hydrogens is 319 g/mol. The average molecular weight is 343 g/mol. The molecule has 1 aliphatic rings. The lowest BCUT2D eigenvalue weighted by Crippen LogP contribution is -2.32. The Morgan fingerprint density at radius 1 is 1.21 bits per heavy atom. The number of benzene rings is 1. The molecule has 1 aliphatic carbocycles. The minimum absolute atomic E-state index is 0.0674. The van der Waals surface area contributed by atoms with Crippen molar-refractivity contribution < 1.29 is 22.7 Å². The standard InChI is InChI=1S/C18H24F3NO2/c1-13-4-2-3-5-16(13)24-11-10-22-17(23)12-14-6-8-15(9-7-14)18(19,20)21/h6-9,13,16H,2-5,10-12H2,1H3,(H,22,23)/t13-,16+/m1/s1. The molecule has 1 fully saturated rings. The fraction of sp³-hybridized carbons (Fsp3) is 0.611. The van der Waals surface area contributed by atoms with Crippen LogP contribution in [0.5, 0.6) is 0 Å². The highest BCUT2D eigenvalue weighted by Gasteiger charge is 2.30. The van der Waals surface area contributed by atoms with Crippen molar-refractivity contribution in [2.45, 2.75) is 51.3 Å².